The number of carboxylic acids is 1. The van der Waals surface area contributed by atoms with E-state index < -0.39 is 5.97 Å². The van der Waals surface area contributed by atoms with Crippen LogP contribution < -0.4 is 0 Å². The second-order valence-corrected chi connectivity index (χ2v) is 6.00. The van der Waals surface area contributed by atoms with Crippen molar-refractivity contribution in [3.8, 4) is 5.69 Å². The minimum absolute atomic E-state index is 0.114. The zero-order valence-electron chi connectivity index (χ0n) is 11.3. The van der Waals surface area contributed by atoms with Gasteiger partial charge >= 0.3 is 5.97 Å². The molecule has 6 heteroatoms. The maximum atomic E-state index is 13.2. The molecule has 1 N–H and O–H groups in total. The Hall–Kier alpha value is -1.69. The smallest absolute Gasteiger partial charge is 0.356 e. The van der Waals surface area contributed by atoms with Crippen molar-refractivity contribution in [3.63, 3.8) is 0 Å². The van der Waals surface area contributed by atoms with Crippen molar-refractivity contribution in [2.24, 2.45) is 0 Å². The third kappa shape index (κ3) is 2.60. The van der Waals surface area contributed by atoms with Crippen LogP contribution in [0.4, 0.5) is 4.39 Å². The lowest BCUT2D eigenvalue weighted by Gasteiger charge is -2.09. The molecule has 0 spiro atoms. The van der Waals surface area contributed by atoms with Crippen molar-refractivity contribution in [2.75, 3.05) is 0 Å². The van der Waals surface area contributed by atoms with Crippen molar-refractivity contribution in [2.45, 2.75) is 32.1 Å². The molecule has 0 atom stereocenters. The largest absolute Gasteiger partial charge is 0.476 e. The standard InChI is InChI=1S/C15H14BrFN2O2/c16-11-8-9(17)6-7-13(11)19-12-5-3-1-2-4-10(12)14(18-19)15(20)21/h6-8H,1-5H2,(H,20,21). The fourth-order valence-electron chi connectivity index (χ4n) is 2.80. The molecule has 0 unspecified atom stereocenters. The summed E-state index contributed by atoms with van der Waals surface area (Å²) in [5.41, 5.74) is 2.53. The summed E-state index contributed by atoms with van der Waals surface area (Å²) in [6.45, 7) is 0. The third-order valence-electron chi connectivity index (χ3n) is 3.77. The lowest BCUT2D eigenvalue weighted by molar-refractivity contribution is 0.0688. The number of benzene rings is 1. The number of carboxylic acid groups (broad SMARTS) is 1. The van der Waals surface area contributed by atoms with E-state index in [1.165, 1.54) is 12.1 Å². The number of rotatable bonds is 2. The Morgan fingerprint density at radius 1 is 1.29 bits per heavy atom. The molecule has 0 saturated carbocycles. The molecular formula is C15H14BrFN2O2. The second kappa shape index (κ2) is 5.60. The van der Waals surface area contributed by atoms with Gasteiger partial charge in [-0.15, -0.1) is 0 Å². The minimum Gasteiger partial charge on any atom is -0.476 e. The first kappa shape index (κ1) is 14.3. The first-order chi connectivity index (χ1) is 10.1. The van der Waals surface area contributed by atoms with Crippen molar-refractivity contribution < 1.29 is 14.3 Å². The number of hydrogen-bond donors (Lipinski definition) is 1. The normalized spacial score (nSPS) is 14.6. The van der Waals surface area contributed by atoms with Gasteiger partial charge < -0.3 is 5.11 Å². The molecule has 0 aliphatic heterocycles. The van der Waals surface area contributed by atoms with E-state index in [9.17, 15) is 14.3 Å². The molecule has 0 bridgehead atoms. The average molecular weight is 353 g/mol. The molecule has 0 amide bonds. The molecule has 110 valence electrons. The quantitative estimate of drug-likeness (QED) is 0.837. The molecular weight excluding hydrogens is 339 g/mol. The number of fused-ring (bicyclic) bond motifs is 1. The molecule has 1 aliphatic carbocycles. The molecule has 4 nitrogen and oxygen atoms in total. The fraction of sp³-hybridized carbons (Fsp3) is 0.333. The molecule has 2 aromatic rings. The van der Waals surface area contributed by atoms with Crippen LogP contribution in [0.25, 0.3) is 5.69 Å². The van der Waals surface area contributed by atoms with Gasteiger partial charge in [-0.05, 0) is 59.8 Å². The van der Waals surface area contributed by atoms with Gasteiger partial charge in [0.15, 0.2) is 5.69 Å². The molecule has 1 aromatic heterocycles. The van der Waals surface area contributed by atoms with Crippen LogP contribution in [0.15, 0.2) is 22.7 Å². The highest BCUT2D eigenvalue weighted by Gasteiger charge is 2.25. The van der Waals surface area contributed by atoms with Gasteiger partial charge in [0.25, 0.3) is 0 Å². The number of hydrogen-bond acceptors (Lipinski definition) is 2. The maximum absolute atomic E-state index is 13.2. The van der Waals surface area contributed by atoms with Crippen LogP contribution in [0.5, 0.6) is 0 Å². The van der Waals surface area contributed by atoms with Gasteiger partial charge in [-0.3, -0.25) is 0 Å². The summed E-state index contributed by atoms with van der Waals surface area (Å²) in [7, 11) is 0. The Balaban J connectivity index is 2.20. The highest BCUT2D eigenvalue weighted by atomic mass is 79.9. The van der Waals surface area contributed by atoms with Crippen molar-refractivity contribution in [1.29, 1.82) is 0 Å². The van der Waals surface area contributed by atoms with E-state index in [1.807, 2.05) is 0 Å². The summed E-state index contributed by atoms with van der Waals surface area (Å²) in [6.07, 6.45) is 4.59. The summed E-state index contributed by atoms with van der Waals surface area (Å²) in [6, 6.07) is 4.33. The summed E-state index contributed by atoms with van der Waals surface area (Å²) in [4.78, 5) is 11.4. The lowest BCUT2D eigenvalue weighted by atomic mass is 10.1. The predicted molar refractivity (Wildman–Crippen MR) is 79.4 cm³/mol. The highest BCUT2D eigenvalue weighted by Crippen LogP contribution is 2.29. The number of aromatic carboxylic acids is 1. The van der Waals surface area contributed by atoms with Crippen LogP contribution in [0.1, 0.15) is 41.0 Å². The molecule has 0 saturated heterocycles. The zero-order chi connectivity index (χ0) is 15.0. The van der Waals surface area contributed by atoms with Gasteiger partial charge in [-0.2, -0.15) is 5.10 Å². The van der Waals surface area contributed by atoms with Crippen LogP contribution >= 0.6 is 15.9 Å². The monoisotopic (exact) mass is 352 g/mol. The molecule has 1 aromatic carbocycles. The third-order valence-corrected chi connectivity index (χ3v) is 4.41. The SMILES string of the molecule is O=C(O)c1nn(-c2ccc(F)cc2Br)c2c1CCCCC2. The second-order valence-electron chi connectivity index (χ2n) is 5.15. The van der Waals surface area contributed by atoms with E-state index in [4.69, 9.17) is 0 Å². The zero-order valence-corrected chi connectivity index (χ0v) is 12.9. The molecule has 3 rings (SSSR count). The van der Waals surface area contributed by atoms with Crippen LogP contribution in [0.2, 0.25) is 0 Å². The fourth-order valence-corrected chi connectivity index (χ4v) is 3.32. The van der Waals surface area contributed by atoms with Gasteiger partial charge in [-0.25, -0.2) is 13.9 Å². The van der Waals surface area contributed by atoms with E-state index in [0.29, 0.717) is 10.2 Å². The van der Waals surface area contributed by atoms with Crippen molar-refractivity contribution in [3.05, 3.63) is 45.4 Å². The van der Waals surface area contributed by atoms with Crippen LogP contribution in [0.3, 0.4) is 0 Å². The first-order valence-corrected chi connectivity index (χ1v) is 7.66. The predicted octanol–water partition coefficient (Wildman–Crippen LogP) is 3.74. The molecule has 0 radical (unpaired) electrons. The van der Waals surface area contributed by atoms with E-state index in [-0.39, 0.29) is 11.5 Å². The van der Waals surface area contributed by atoms with Crippen molar-refractivity contribution >= 4 is 21.9 Å². The summed E-state index contributed by atoms with van der Waals surface area (Å²) < 4.78 is 15.5. The van der Waals surface area contributed by atoms with E-state index in [2.05, 4.69) is 21.0 Å². The minimum atomic E-state index is -1.01. The van der Waals surface area contributed by atoms with Crippen LogP contribution in [-0.2, 0) is 12.8 Å². The number of halogens is 2. The van der Waals surface area contributed by atoms with Gasteiger partial charge in [0.05, 0.1) is 5.69 Å². The summed E-state index contributed by atoms with van der Waals surface area (Å²) in [5, 5.41) is 13.6. The topological polar surface area (TPSA) is 55.1 Å². The number of nitrogens with zero attached hydrogens (tertiary/aromatic N) is 2. The van der Waals surface area contributed by atoms with Gasteiger partial charge in [0, 0.05) is 15.7 Å². The Bertz CT molecular complexity index is 712. The summed E-state index contributed by atoms with van der Waals surface area (Å²) >= 11 is 3.33. The Kier molecular flexibility index (Phi) is 3.80. The van der Waals surface area contributed by atoms with E-state index >= 15 is 0 Å². The van der Waals surface area contributed by atoms with Gasteiger partial charge in [0.2, 0.25) is 0 Å². The average Bonchev–Trinajstić information content (AvgIpc) is 2.63. The summed E-state index contributed by atoms with van der Waals surface area (Å²) in [5.74, 6) is -1.35. The van der Waals surface area contributed by atoms with E-state index in [1.54, 1.807) is 10.7 Å². The molecule has 21 heavy (non-hydrogen) atoms. The molecule has 1 aliphatic rings. The number of carbonyl (C=O) groups is 1. The highest BCUT2D eigenvalue weighted by molar-refractivity contribution is 9.10. The van der Waals surface area contributed by atoms with Crippen molar-refractivity contribution in [1.82, 2.24) is 9.78 Å². The van der Waals surface area contributed by atoms with Gasteiger partial charge in [0.1, 0.15) is 5.82 Å². The molecule has 0 fully saturated rings. The van der Waals surface area contributed by atoms with Crippen LogP contribution in [0, 0.1) is 5.82 Å². The maximum Gasteiger partial charge on any atom is 0.356 e. The van der Waals surface area contributed by atoms with E-state index in [0.717, 1.165) is 43.4 Å². The first-order valence-electron chi connectivity index (χ1n) is 6.87. The van der Waals surface area contributed by atoms with Gasteiger partial charge in [-0.1, -0.05) is 6.42 Å². The van der Waals surface area contributed by atoms with Crippen LogP contribution in [-0.4, -0.2) is 20.9 Å². The lowest BCUT2D eigenvalue weighted by Crippen LogP contribution is -2.05. The Labute approximate surface area is 129 Å². The Morgan fingerprint density at radius 2 is 2.05 bits per heavy atom. The Morgan fingerprint density at radius 3 is 2.76 bits per heavy atom. The number of aromatic nitrogens is 2. The molecule has 1 heterocycles.